The summed E-state index contributed by atoms with van der Waals surface area (Å²) >= 11 is 13.2. The zero-order valence-corrected chi connectivity index (χ0v) is 13.7. The molecule has 0 radical (unpaired) electrons. The molecule has 0 aliphatic heterocycles. The molecule has 1 N–H and O–H groups in total. The molecule has 0 aliphatic rings. The second kappa shape index (κ2) is 6.20. The van der Waals surface area contributed by atoms with Crippen LogP contribution in [-0.4, -0.2) is 7.05 Å². The monoisotopic (exact) mass is 387 g/mol. The first-order chi connectivity index (χ1) is 8.61. The summed E-state index contributed by atoms with van der Waals surface area (Å²) in [4.78, 5) is 0. The van der Waals surface area contributed by atoms with Gasteiger partial charge in [-0.2, -0.15) is 0 Å². The number of nitrogens with one attached hydrogen (secondary N) is 1. The molecule has 94 valence electrons. The predicted molar refractivity (Wildman–Crippen MR) is 84.2 cm³/mol. The molecule has 1 unspecified atom stereocenters. The molecule has 0 spiro atoms. The topological polar surface area (TPSA) is 12.0 Å². The Hall–Kier alpha value is -0.350. The molecule has 18 heavy (non-hydrogen) atoms. The van der Waals surface area contributed by atoms with Crippen LogP contribution in [0.3, 0.4) is 0 Å². The van der Waals surface area contributed by atoms with Crippen molar-refractivity contribution < 1.29 is 0 Å². The van der Waals surface area contributed by atoms with Gasteiger partial charge < -0.3 is 5.32 Å². The Bertz CT molecular complexity index is 557. The van der Waals surface area contributed by atoms with E-state index in [4.69, 9.17) is 11.6 Å². The molecule has 0 bridgehead atoms. The normalized spacial score (nSPS) is 12.4. The van der Waals surface area contributed by atoms with E-state index in [2.05, 4.69) is 49.3 Å². The molecule has 2 aromatic carbocycles. The van der Waals surface area contributed by atoms with E-state index < -0.39 is 0 Å². The molecule has 4 heteroatoms. The molecule has 2 rings (SSSR count). The summed E-state index contributed by atoms with van der Waals surface area (Å²) in [5, 5.41) is 4.07. The van der Waals surface area contributed by atoms with Crippen LogP contribution in [0.5, 0.6) is 0 Å². The summed E-state index contributed by atoms with van der Waals surface area (Å²) in [6, 6.07) is 14.2. The van der Waals surface area contributed by atoms with E-state index in [-0.39, 0.29) is 6.04 Å². The zero-order valence-electron chi connectivity index (χ0n) is 9.75. The fourth-order valence-electron chi connectivity index (χ4n) is 1.92. The highest BCUT2D eigenvalue weighted by atomic mass is 79.9. The Balaban J connectivity index is 2.48. The van der Waals surface area contributed by atoms with Gasteiger partial charge in [-0.05, 0) is 48.5 Å². The van der Waals surface area contributed by atoms with Gasteiger partial charge in [0.15, 0.2) is 0 Å². The highest BCUT2D eigenvalue weighted by Crippen LogP contribution is 2.31. The molecule has 0 saturated carbocycles. The Kier molecular flexibility index (Phi) is 4.84. The maximum atomic E-state index is 6.06. The maximum Gasteiger partial charge on any atom is 0.0586 e. The third-order valence-corrected chi connectivity index (χ3v) is 4.19. The molecule has 1 nitrogen and oxygen atoms in total. The Morgan fingerprint density at radius 3 is 2.56 bits per heavy atom. The summed E-state index contributed by atoms with van der Waals surface area (Å²) in [6.45, 7) is 0. The van der Waals surface area contributed by atoms with Crippen LogP contribution in [-0.2, 0) is 0 Å². The van der Waals surface area contributed by atoms with E-state index in [0.29, 0.717) is 0 Å². The van der Waals surface area contributed by atoms with Crippen molar-refractivity contribution in [2.24, 2.45) is 0 Å². The van der Waals surface area contributed by atoms with E-state index in [1.54, 1.807) is 0 Å². The van der Waals surface area contributed by atoms with Gasteiger partial charge in [-0.15, -0.1) is 0 Å². The van der Waals surface area contributed by atoms with Gasteiger partial charge in [0.05, 0.1) is 6.04 Å². The first-order valence-corrected chi connectivity index (χ1v) is 7.46. The average Bonchev–Trinajstić information content (AvgIpc) is 2.35. The quantitative estimate of drug-likeness (QED) is 0.763. The highest BCUT2D eigenvalue weighted by Gasteiger charge is 2.15. The fourth-order valence-corrected chi connectivity index (χ4v) is 2.98. The highest BCUT2D eigenvalue weighted by molar-refractivity contribution is 9.11. The minimum Gasteiger partial charge on any atom is -0.309 e. The number of hydrogen-bond acceptors (Lipinski definition) is 1. The van der Waals surface area contributed by atoms with Crippen LogP contribution in [0.25, 0.3) is 0 Å². The van der Waals surface area contributed by atoms with E-state index >= 15 is 0 Å². The average molecular weight is 390 g/mol. The molecule has 0 heterocycles. The van der Waals surface area contributed by atoms with Gasteiger partial charge in [-0.1, -0.05) is 55.6 Å². The van der Waals surface area contributed by atoms with Crippen molar-refractivity contribution in [3.8, 4) is 0 Å². The number of halogens is 3. The van der Waals surface area contributed by atoms with Gasteiger partial charge in [-0.25, -0.2) is 0 Å². The lowest BCUT2D eigenvalue weighted by atomic mass is 9.99. The van der Waals surface area contributed by atoms with Gasteiger partial charge in [0.25, 0.3) is 0 Å². The summed E-state index contributed by atoms with van der Waals surface area (Å²) in [7, 11) is 1.94. The predicted octanol–water partition coefficient (Wildman–Crippen LogP) is 5.17. The van der Waals surface area contributed by atoms with Gasteiger partial charge >= 0.3 is 0 Å². The second-order valence-electron chi connectivity index (χ2n) is 3.94. The van der Waals surface area contributed by atoms with Crippen molar-refractivity contribution >= 4 is 43.5 Å². The fraction of sp³-hybridized carbons (Fsp3) is 0.143. The number of benzene rings is 2. The SMILES string of the molecule is CNC(c1cccc(Cl)c1)c1cc(Br)ccc1Br. The lowest BCUT2D eigenvalue weighted by molar-refractivity contribution is 0.688. The van der Waals surface area contributed by atoms with Crippen molar-refractivity contribution in [2.75, 3.05) is 7.05 Å². The van der Waals surface area contributed by atoms with E-state index in [1.807, 2.05) is 37.4 Å². The van der Waals surface area contributed by atoms with Crippen molar-refractivity contribution in [2.45, 2.75) is 6.04 Å². The van der Waals surface area contributed by atoms with Crippen molar-refractivity contribution in [1.29, 1.82) is 0 Å². The lowest BCUT2D eigenvalue weighted by Crippen LogP contribution is -2.18. The maximum absolute atomic E-state index is 6.06. The van der Waals surface area contributed by atoms with Crippen molar-refractivity contribution in [1.82, 2.24) is 5.32 Å². The third kappa shape index (κ3) is 3.15. The summed E-state index contributed by atoms with van der Waals surface area (Å²) < 4.78 is 2.13. The Labute approximate surface area is 129 Å². The van der Waals surface area contributed by atoms with E-state index in [1.165, 1.54) is 5.56 Å². The van der Waals surface area contributed by atoms with Crippen LogP contribution in [0.15, 0.2) is 51.4 Å². The van der Waals surface area contributed by atoms with Gasteiger partial charge in [0, 0.05) is 14.0 Å². The lowest BCUT2D eigenvalue weighted by Gasteiger charge is -2.19. The van der Waals surface area contributed by atoms with Crippen LogP contribution in [0.1, 0.15) is 17.2 Å². The van der Waals surface area contributed by atoms with Crippen LogP contribution in [0.2, 0.25) is 5.02 Å². The smallest absolute Gasteiger partial charge is 0.0586 e. The Morgan fingerprint density at radius 2 is 1.89 bits per heavy atom. The second-order valence-corrected chi connectivity index (χ2v) is 6.15. The molecular formula is C14H12Br2ClN. The van der Waals surface area contributed by atoms with Gasteiger partial charge in [0.1, 0.15) is 0 Å². The zero-order chi connectivity index (χ0) is 13.1. The van der Waals surface area contributed by atoms with Gasteiger partial charge in [-0.3, -0.25) is 0 Å². The largest absolute Gasteiger partial charge is 0.309 e. The minimum absolute atomic E-state index is 0.107. The summed E-state index contributed by atoms with van der Waals surface area (Å²) in [5.41, 5.74) is 2.32. The first-order valence-electron chi connectivity index (χ1n) is 5.49. The molecule has 0 saturated heterocycles. The number of hydrogen-bond donors (Lipinski definition) is 1. The van der Waals surface area contributed by atoms with Gasteiger partial charge in [0.2, 0.25) is 0 Å². The third-order valence-electron chi connectivity index (χ3n) is 2.74. The van der Waals surface area contributed by atoms with Crippen LogP contribution >= 0.6 is 43.5 Å². The van der Waals surface area contributed by atoms with E-state index in [9.17, 15) is 0 Å². The van der Waals surface area contributed by atoms with Crippen LogP contribution in [0.4, 0.5) is 0 Å². The number of rotatable bonds is 3. The molecule has 0 fully saturated rings. The van der Waals surface area contributed by atoms with Crippen LogP contribution in [0, 0.1) is 0 Å². The Morgan fingerprint density at radius 1 is 1.11 bits per heavy atom. The van der Waals surface area contributed by atoms with Crippen molar-refractivity contribution in [3.05, 3.63) is 67.6 Å². The molecule has 2 aromatic rings. The van der Waals surface area contributed by atoms with Crippen molar-refractivity contribution in [3.63, 3.8) is 0 Å². The molecule has 0 aliphatic carbocycles. The standard InChI is InChI=1S/C14H12Br2ClN/c1-18-14(9-3-2-4-11(17)7-9)12-8-10(15)5-6-13(12)16/h2-8,14,18H,1H3. The van der Waals surface area contributed by atoms with Crippen LogP contribution < -0.4 is 5.32 Å². The molecule has 0 amide bonds. The first kappa shape index (κ1) is 14.1. The molecule has 0 aromatic heterocycles. The minimum atomic E-state index is 0.107. The molecular weight excluding hydrogens is 377 g/mol. The van der Waals surface area contributed by atoms with E-state index in [0.717, 1.165) is 19.5 Å². The summed E-state index contributed by atoms with van der Waals surface area (Å²) in [5.74, 6) is 0. The summed E-state index contributed by atoms with van der Waals surface area (Å²) in [6.07, 6.45) is 0. The molecule has 1 atom stereocenters.